The van der Waals surface area contributed by atoms with E-state index in [9.17, 15) is 4.79 Å². The van der Waals surface area contributed by atoms with Crippen molar-refractivity contribution in [2.24, 2.45) is 5.92 Å². The van der Waals surface area contributed by atoms with Crippen LogP contribution in [0.3, 0.4) is 0 Å². The van der Waals surface area contributed by atoms with Gasteiger partial charge in [0.2, 0.25) is 0 Å². The van der Waals surface area contributed by atoms with Gasteiger partial charge in [-0.2, -0.15) is 0 Å². The van der Waals surface area contributed by atoms with Gasteiger partial charge < -0.3 is 9.47 Å². The SMILES string of the molecule is COc1cccc([C@H]2[C@H](Cn3cc(CCC(C)C)nn3)OC(=O)N2c2ccc(Cl)cc2)c1. The molecule has 1 saturated heterocycles. The summed E-state index contributed by atoms with van der Waals surface area (Å²) in [5, 5.41) is 9.16. The molecule has 0 radical (unpaired) electrons. The van der Waals surface area contributed by atoms with Crippen LogP contribution in [0.1, 0.15) is 37.6 Å². The highest BCUT2D eigenvalue weighted by atomic mass is 35.5. The zero-order chi connectivity index (χ0) is 22.7. The summed E-state index contributed by atoms with van der Waals surface area (Å²) in [5.74, 6) is 1.31. The Morgan fingerprint density at radius 3 is 2.69 bits per heavy atom. The second-order valence-electron chi connectivity index (χ2n) is 8.35. The summed E-state index contributed by atoms with van der Waals surface area (Å²) in [5.41, 5.74) is 2.57. The van der Waals surface area contributed by atoms with E-state index >= 15 is 0 Å². The van der Waals surface area contributed by atoms with Gasteiger partial charge in [0.1, 0.15) is 17.9 Å². The van der Waals surface area contributed by atoms with E-state index in [0.717, 1.165) is 24.1 Å². The lowest BCUT2D eigenvalue weighted by atomic mass is 9.99. The Labute approximate surface area is 192 Å². The third-order valence-electron chi connectivity index (χ3n) is 5.55. The fraction of sp³-hybridized carbons (Fsp3) is 0.375. The van der Waals surface area contributed by atoms with E-state index in [4.69, 9.17) is 21.1 Å². The van der Waals surface area contributed by atoms with Gasteiger partial charge in [-0.05, 0) is 60.7 Å². The molecule has 4 rings (SSSR count). The first-order valence-corrected chi connectivity index (χ1v) is 11.1. The number of aromatic nitrogens is 3. The monoisotopic (exact) mass is 454 g/mol. The Kier molecular flexibility index (Phi) is 6.65. The molecule has 2 heterocycles. The molecule has 1 fully saturated rings. The summed E-state index contributed by atoms with van der Waals surface area (Å²) in [6.07, 6.45) is 2.99. The molecule has 1 aromatic heterocycles. The smallest absolute Gasteiger partial charge is 0.415 e. The lowest BCUT2D eigenvalue weighted by Crippen LogP contribution is -2.31. The van der Waals surface area contributed by atoms with Gasteiger partial charge in [0.15, 0.2) is 0 Å². The molecule has 2 aromatic carbocycles. The van der Waals surface area contributed by atoms with E-state index < -0.39 is 12.2 Å². The standard InChI is InChI=1S/C24H27ClN4O3/c1-16(2)7-10-19-14-28(27-26-19)15-22-23(17-5-4-6-21(13-17)31-3)29(24(30)32-22)20-11-8-18(25)9-12-20/h4-6,8-9,11-14,16,22-23H,7,10,15H2,1-3H3/t22-,23-/m0/s1. The minimum atomic E-state index is -0.454. The van der Waals surface area contributed by atoms with Crippen molar-refractivity contribution in [2.75, 3.05) is 12.0 Å². The number of hydrogen-bond donors (Lipinski definition) is 0. The summed E-state index contributed by atoms with van der Waals surface area (Å²) in [6.45, 7) is 4.77. The van der Waals surface area contributed by atoms with Crippen LogP contribution in [0.5, 0.6) is 5.75 Å². The van der Waals surface area contributed by atoms with Crippen LogP contribution in [-0.4, -0.2) is 34.3 Å². The molecule has 0 saturated carbocycles. The maximum Gasteiger partial charge on any atom is 0.415 e. The van der Waals surface area contributed by atoms with Crippen LogP contribution in [-0.2, 0) is 17.7 Å². The first-order chi connectivity index (χ1) is 15.4. The van der Waals surface area contributed by atoms with E-state index in [1.165, 1.54) is 0 Å². The number of carbonyl (C=O) groups excluding carboxylic acids is 1. The van der Waals surface area contributed by atoms with Crippen molar-refractivity contribution < 1.29 is 14.3 Å². The second kappa shape index (κ2) is 9.61. The lowest BCUT2D eigenvalue weighted by Gasteiger charge is -2.25. The third-order valence-corrected chi connectivity index (χ3v) is 5.80. The Hall–Kier alpha value is -3.06. The molecule has 32 heavy (non-hydrogen) atoms. The lowest BCUT2D eigenvalue weighted by molar-refractivity contribution is 0.117. The Morgan fingerprint density at radius 2 is 1.97 bits per heavy atom. The molecule has 0 N–H and O–H groups in total. The van der Waals surface area contributed by atoms with Gasteiger partial charge in [-0.3, -0.25) is 4.90 Å². The fourth-order valence-electron chi connectivity index (χ4n) is 3.89. The van der Waals surface area contributed by atoms with E-state index in [0.29, 0.717) is 28.9 Å². The number of anilines is 1. The number of cyclic esters (lactones) is 1. The maximum absolute atomic E-state index is 13.0. The van der Waals surface area contributed by atoms with Gasteiger partial charge in [-0.25, -0.2) is 9.48 Å². The van der Waals surface area contributed by atoms with Crippen LogP contribution in [0.25, 0.3) is 0 Å². The van der Waals surface area contributed by atoms with Gasteiger partial charge >= 0.3 is 6.09 Å². The number of methoxy groups -OCH3 is 1. The zero-order valence-corrected chi connectivity index (χ0v) is 19.2. The van der Waals surface area contributed by atoms with Crippen LogP contribution >= 0.6 is 11.6 Å². The number of aryl methyl sites for hydroxylation is 1. The van der Waals surface area contributed by atoms with Gasteiger partial charge in [0.05, 0.1) is 19.3 Å². The fourth-order valence-corrected chi connectivity index (χ4v) is 4.01. The molecule has 168 valence electrons. The molecule has 0 aliphatic carbocycles. The molecule has 0 bridgehead atoms. The third kappa shape index (κ3) is 4.88. The quantitative estimate of drug-likeness (QED) is 0.462. The molecule has 2 atom stereocenters. The predicted octanol–water partition coefficient (Wildman–Crippen LogP) is 5.30. The van der Waals surface area contributed by atoms with Gasteiger partial charge in [-0.1, -0.05) is 42.8 Å². The second-order valence-corrected chi connectivity index (χ2v) is 8.79. The van der Waals surface area contributed by atoms with Crippen LogP contribution < -0.4 is 9.64 Å². The van der Waals surface area contributed by atoms with Crippen molar-refractivity contribution in [1.29, 1.82) is 0 Å². The van der Waals surface area contributed by atoms with Crippen LogP contribution in [0.2, 0.25) is 5.02 Å². The minimum Gasteiger partial charge on any atom is -0.497 e. The molecule has 0 unspecified atom stereocenters. The van der Waals surface area contributed by atoms with Crippen molar-refractivity contribution in [3.8, 4) is 5.75 Å². The predicted molar refractivity (Wildman–Crippen MR) is 123 cm³/mol. The highest BCUT2D eigenvalue weighted by molar-refractivity contribution is 6.30. The summed E-state index contributed by atoms with van der Waals surface area (Å²) >= 11 is 6.06. The molecule has 1 amide bonds. The van der Waals surface area contributed by atoms with Gasteiger partial charge in [0.25, 0.3) is 0 Å². The van der Waals surface area contributed by atoms with Crippen molar-refractivity contribution in [1.82, 2.24) is 15.0 Å². The molecule has 1 aliphatic heterocycles. The van der Waals surface area contributed by atoms with Crippen molar-refractivity contribution in [3.05, 3.63) is 71.0 Å². The number of amides is 1. The Balaban J connectivity index is 1.64. The maximum atomic E-state index is 13.0. The number of ether oxygens (including phenoxy) is 2. The molecular weight excluding hydrogens is 428 g/mol. The summed E-state index contributed by atoms with van der Waals surface area (Å²) in [4.78, 5) is 14.6. The van der Waals surface area contributed by atoms with Gasteiger partial charge in [0, 0.05) is 16.9 Å². The zero-order valence-electron chi connectivity index (χ0n) is 18.4. The van der Waals surface area contributed by atoms with E-state index in [1.54, 1.807) is 28.8 Å². The average Bonchev–Trinajstić information content (AvgIpc) is 3.36. The Morgan fingerprint density at radius 1 is 1.19 bits per heavy atom. The number of halogens is 1. The Bertz CT molecular complexity index is 1070. The highest BCUT2D eigenvalue weighted by Crippen LogP contribution is 2.39. The van der Waals surface area contributed by atoms with E-state index in [2.05, 4.69) is 24.2 Å². The topological polar surface area (TPSA) is 69.5 Å². The molecular formula is C24H27ClN4O3. The molecule has 1 aliphatic rings. The van der Waals surface area contributed by atoms with Gasteiger partial charge in [-0.15, -0.1) is 5.10 Å². The first-order valence-electron chi connectivity index (χ1n) is 10.7. The molecule has 7 nitrogen and oxygen atoms in total. The minimum absolute atomic E-state index is 0.359. The summed E-state index contributed by atoms with van der Waals surface area (Å²) in [7, 11) is 1.62. The van der Waals surface area contributed by atoms with Crippen molar-refractivity contribution >= 4 is 23.4 Å². The number of nitrogens with zero attached hydrogens (tertiary/aromatic N) is 4. The molecule has 0 spiro atoms. The van der Waals surface area contributed by atoms with Crippen LogP contribution in [0.4, 0.5) is 10.5 Å². The number of benzene rings is 2. The van der Waals surface area contributed by atoms with E-state index in [1.807, 2.05) is 42.6 Å². The first kappa shape index (κ1) is 22.1. The average molecular weight is 455 g/mol. The molecule has 3 aromatic rings. The van der Waals surface area contributed by atoms with Crippen molar-refractivity contribution in [3.63, 3.8) is 0 Å². The van der Waals surface area contributed by atoms with E-state index in [-0.39, 0.29) is 6.04 Å². The molecule has 8 heteroatoms. The number of rotatable bonds is 8. The number of hydrogen-bond acceptors (Lipinski definition) is 5. The summed E-state index contributed by atoms with van der Waals surface area (Å²) in [6, 6.07) is 14.5. The highest BCUT2D eigenvalue weighted by Gasteiger charge is 2.44. The summed E-state index contributed by atoms with van der Waals surface area (Å²) < 4.78 is 13.0. The number of carbonyl (C=O) groups is 1. The van der Waals surface area contributed by atoms with Crippen LogP contribution in [0.15, 0.2) is 54.7 Å². The van der Waals surface area contributed by atoms with Crippen molar-refractivity contribution in [2.45, 2.75) is 45.4 Å². The largest absolute Gasteiger partial charge is 0.497 e. The van der Waals surface area contributed by atoms with Crippen LogP contribution in [0, 0.1) is 5.92 Å². The normalized spacial score (nSPS) is 18.3.